The Kier molecular flexibility index (Phi) is 7.53. The number of nitrogens with two attached hydrogens (primary N) is 1. The van der Waals surface area contributed by atoms with E-state index in [4.69, 9.17) is 4.52 Å². The third-order valence-corrected chi connectivity index (χ3v) is 2.38. The fourth-order valence-electron chi connectivity index (χ4n) is 1.53. The van der Waals surface area contributed by atoms with E-state index in [2.05, 4.69) is 21.2 Å². The minimum absolute atomic E-state index is 0. The van der Waals surface area contributed by atoms with Gasteiger partial charge in [-0.15, -0.1) is 0 Å². The minimum atomic E-state index is -0.582. The Morgan fingerprint density at radius 3 is 2.48 bits per heavy atom. The van der Waals surface area contributed by atoms with Crippen molar-refractivity contribution in [1.29, 1.82) is 0 Å². The zero-order valence-electron chi connectivity index (χ0n) is 10.6. The fourth-order valence-corrected chi connectivity index (χ4v) is 1.53. The van der Waals surface area contributed by atoms with Gasteiger partial charge in [0.1, 0.15) is 0 Å². The number of rotatable bonds is 2. The predicted molar refractivity (Wildman–Crippen MR) is 70.7 cm³/mol. The second-order valence-electron chi connectivity index (χ2n) is 3.58. The summed E-state index contributed by atoms with van der Waals surface area (Å²) in [6.07, 6.45) is 1.35. The molecule has 0 aliphatic rings. The second-order valence-corrected chi connectivity index (χ2v) is 3.58. The molecule has 0 aliphatic heterocycles. The normalized spacial score (nSPS) is 9.00. The van der Waals surface area contributed by atoms with Gasteiger partial charge in [-0.3, -0.25) is 0 Å². The van der Waals surface area contributed by atoms with Gasteiger partial charge in [0.25, 0.3) is 5.89 Å². The molecule has 6 nitrogen and oxygen atoms in total. The van der Waals surface area contributed by atoms with Crippen LogP contribution >= 0.6 is 0 Å². The molecular formula is C13H11FN4O2Os. The Morgan fingerprint density at radius 1 is 1.10 bits per heavy atom. The number of benzene rings is 1. The van der Waals surface area contributed by atoms with Crippen LogP contribution < -0.4 is 0 Å². The SMILES string of the molecule is Fc1cc(-c2nc(-c3cc[c-]cc3)no2)ccn1.O.[NH2-].[Os+2]. The van der Waals surface area contributed by atoms with Crippen LogP contribution in [-0.4, -0.2) is 20.6 Å². The van der Waals surface area contributed by atoms with Gasteiger partial charge in [-0.05, 0) is 6.07 Å². The number of aromatic nitrogens is 3. The summed E-state index contributed by atoms with van der Waals surface area (Å²) >= 11 is 0. The van der Waals surface area contributed by atoms with Gasteiger partial charge in [0, 0.05) is 17.8 Å². The van der Waals surface area contributed by atoms with Crippen LogP contribution in [0, 0.1) is 12.0 Å². The maximum absolute atomic E-state index is 13.0. The molecule has 0 saturated heterocycles. The summed E-state index contributed by atoms with van der Waals surface area (Å²) in [4.78, 5) is 7.68. The number of hydrogen-bond acceptors (Lipinski definition) is 4. The Labute approximate surface area is 133 Å². The molecule has 8 heteroatoms. The van der Waals surface area contributed by atoms with Crippen molar-refractivity contribution in [2.75, 3.05) is 0 Å². The van der Waals surface area contributed by atoms with Crippen molar-refractivity contribution >= 4 is 0 Å². The van der Waals surface area contributed by atoms with E-state index in [1.807, 2.05) is 12.1 Å². The van der Waals surface area contributed by atoms with Crippen LogP contribution in [0.4, 0.5) is 4.39 Å². The summed E-state index contributed by atoms with van der Waals surface area (Å²) in [7, 11) is 0. The van der Waals surface area contributed by atoms with Crippen molar-refractivity contribution in [2.24, 2.45) is 0 Å². The minimum Gasteiger partial charge on any atom is -0.693 e. The monoisotopic (exact) mass is 466 g/mol. The standard InChI is InChI=1S/C13H7FN3O.H2N.H2O.Os/c14-11-8-10(6-7-15-11)13-16-12(17-18-13)9-4-2-1-3-5-9;;;/h2-8H;2*1H2;/q2*-1;;+2. The number of halogens is 1. The Balaban J connectivity index is 0.00000133. The van der Waals surface area contributed by atoms with Gasteiger partial charge >= 0.3 is 19.8 Å². The molecular weight excluding hydrogens is 453 g/mol. The maximum Gasteiger partial charge on any atom is 2.00 e. The summed E-state index contributed by atoms with van der Waals surface area (Å²) in [6.45, 7) is 0. The summed E-state index contributed by atoms with van der Waals surface area (Å²) in [5.74, 6) is 0.136. The molecule has 0 radical (unpaired) electrons. The van der Waals surface area contributed by atoms with Crippen LogP contribution in [0.3, 0.4) is 0 Å². The molecule has 2 aromatic heterocycles. The van der Waals surface area contributed by atoms with Gasteiger partial charge in [0.2, 0.25) is 5.95 Å². The van der Waals surface area contributed by atoms with Crippen molar-refractivity contribution in [2.45, 2.75) is 0 Å². The zero-order chi connectivity index (χ0) is 12.4. The van der Waals surface area contributed by atoms with Crippen LogP contribution in [0.15, 0.2) is 47.1 Å². The molecule has 110 valence electrons. The topological polar surface area (TPSA) is 117 Å². The molecule has 0 bridgehead atoms. The first-order chi connectivity index (χ1) is 8.83. The summed E-state index contributed by atoms with van der Waals surface area (Å²) < 4.78 is 18.1. The summed E-state index contributed by atoms with van der Waals surface area (Å²) in [5.41, 5.74) is 1.32. The number of pyridine rings is 1. The molecule has 4 N–H and O–H groups in total. The number of nitrogens with zero attached hydrogens (tertiary/aromatic N) is 3. The molecule has 21 heavy (non-hydrogen) atoms. The van der Waals surface area contributed by atoms with E-state index >= 15 is 0 Å². The van der Waals surface area contributed by atoms with Gasteiger partial charge in [-0.2, -0.15) is 39.7 Å². The summed E-state index contributed by atoms with van der Waals surface area (Å²) in [6, 6.07) is 12.9. The molecule has 0 spiro atoms. The largest absolute Gasteiger partial charge is 2.00 e. The molecule has 0 saturated carbocycles. The molecule has 0 unspecified atom stereocenters. The van der Waals surface area contributed by atoms with E-state index in [0.29, 0.717) is 11.4 Å². The Bertz CT molecular complexity index is 679. The van der Waals surface area contributed by atoms with Crippen LogP contribution in [0.1, 0.15) is 0 Å². The molecule has 3 aromatic rings. The molecule has 2 heterocycles. The van der Waals surface area contributed by atoms with Gasteiger partial charge in [-0.25, -0.2) is 4.98 Å². The van der Waals surface area contributed by atoms with E-state index in [1.54, 1.807) is 18.2 Å². The van der Waals surface area contributed by atoms with E-state index in [9.17, 15) is 4.39 Å². The average molecular weight is 464 g/mol. The Hall–Kier alpha value is -2.00. The summed E-state index contributed by atoms with van der Waals surface area (Å²) in [5, 5.41) is 3.85. The molecule has 0 aliphatic carbocycles. The zero-order valence-corrected chi connectivity index (χ0v) is 13.1. The van der Waals surface area contributed by atoms with E-state index < -0.39 is 5.95 Å². The van der Waals surface area contributed by atoms with Crippen molar-refractivity contribution in [3.8, 4) is 22.8 Å². The van der Waals surface area contributed by atoms with E-state index in [1.165, 1.54) is 12.3 Å². The van der Waals surface area contributed by atoms with Gasteiger partial charge in [-0.1, -0.05) is 10.7 Å². The maximum atomic E-state index is 13.0. The molecule has 1 aromatic carbocycles. The third-order valence-electron chi connectivity index (χ3n) is 2.38. The molecule has 0 amide bonds. The number of hydrogen-bond donors (Lipinski definition) is 0. The van der Waals surface area contributed by atoms with Gasteiger partial charge in [0.05, 0.1) is 0 Å². The first kappa shape index (κ1) is 19.0. The molecule has 0 fully saturated rings. The van der Waals surface area contributed by atoms with Crippen LogP contribution in [-0.2, 0) is 19.8 Å². The first-order valence-corrected chi connectivity index (χ1v) is 5.25. The van der Waals surface area contributed by atoms with Crippen molar-refractivity contribution in [1.82, 2.24) is 15.1 Å². The smallest absolute Gasteiger partial charge is 0.693 e. The molecule has 3 rings (SSSR count). The second kappa shape index (κ2) is 8.32. The first-order valence-electron chi connectivity index (χ1n) is 5.25. The third kappa shape index (κ3) is 4.23. The average Bonchev–Trinajstić information content (AvgIpc) is 2.89. The van der Waals surface area contributed by atoms with Crippen LogP contribution in [0.25, 0.3) is 29.0 Å². The van der Waals surface area contributed by atoms with Crippen molar-refractivity contribution < 1.29 is 34.2 Å². The fraction of sp³-hybridized carbons (Fsp3) is 0. The quantitative estimate of drug-likeness (QED) is 0.428. The van der Waals surface area contributed by atoms with E-state index in [-0.39, 0.29) is 37.3 Å². The van der Waals surface area contributed by atoms with Crippen molar-refractivity contribution in [3.63, 3.8) is 0 Å². The van der Waals surface area contributed by atoms with Crippen LogP contribution in [0.5, 0.6) is 0 Å². The van der Waals surface area contributed by atoms with Gasteiger partial charge < -0.3 is 16.1 Å². The van der Waals surface area contributed by atoms with E-state index in [0.717, 1.165) is 5.56 Å². The molecule has 0 atom stereocenters. The Morgan fingerprint density at radius 2 is 1.81 bits per heavy atom. The van der Waals surface area contributed by atoms with Gasteiger partial charge in [0.15, 0.2) is 5.82 Å². The van der Waals surface area contributed by atoms with Crippen molar-refractivity contribution in [3.05, 3.63) is 60.8 Å². The van der Waals surface area contributed by atoms with Crippen LogP contribution in [0.2, 0.25) is 0 Å². The predicted octanol–water partition coefficient (Wildman–Crippen LogP) is 2.63.